The number of halogens is 2. The SMILES string of the molecule is Cc1cc(Cl)cc2sc(N(Cc3cccnc3)C(=O)c3ccc(Cl)s3)nc12. The monoisotopic (exact) mass is 433 g/mol. The van der Waals surface area contributed by atoms with Gasteiger partial charge < -0.3 is 0 Å². The molecule has 1 aromatic carbocycles. The number of fused-ring (bicyclic) bond motifs is 1. The number of aromatic nitrogens is 2. The maximum Gasteiger partial charge on any atom is 0.270 e. The maximum absolute atomic E-state index is 13.2. The van der Waals surface area contributed by atoms with Gasteiger partial charge in [-0.3, -0.25) is 14.7 Å². The van der Waals surface area contributed by atoms with Crippen molar-refractivity contribution in [1.29, 1.82) is 0 Å². The molecule has 0 aliphatic carbocycles. The molecule has 0 fully saturated rings. The minimum atomic E-state index is -0.140. The van der Waals surface area contributed by atoms with E-state index in [1.807, 2.05) is 31.2 Å². The molecule has 0 unspecified atom stereocenters. The molecule has 4 rings (SSSR count). The average Bonchev–Trinajstić information content (AvgIpc) is 3.26. The zero-order chi connectivity index (χ0) is 19.0. The largest absolute Gasteiger partial charge is 0.279 e. The molecule has 136 valence electrons. The third kappa shape index (κ3) is 3.84. The number of nitrogens with zero attached hydrogens (tertiary/aromatic N) is 3. The highest BCUT2D eigenvalue weighted by molar-refractivity contribution is 7.22. The summed E-state index contributed by atoms with van der Waals surface area (Å²) in [5.41, 5.74) is 2.75. The maximum atomic E-state index is 13.2. The van der Waals surface area contributed by atoms with E-state index in [-0.39, 0.29) is 5.91 Å². The molecule has 0 radical (unpaired) electrons. The van der Waals surface area contributed by atoms with E-state index in [9.17, 15) is 4.79 Å². The van der Waals surface area contributed by atoms with Crippen molar-refractivity contribution in [1.82, 2.24) is 9.97 Å². The summed E-state index contributed by atoms with van der Waals surface area (Å²) >= 11 is 14.9. The summed E-state index contributed by atoms with van der Waals surface area (Å²) in [6, 6.07) is 11.0. The van der Waals surface area contributed by atoms with E-state index in [4.69, 9.17) is 28.2 Å². The van der Waals surface area contributed by atoms with Crippen LogP contribution < -0.4 is 4.90 Å². The molecule has 0 saturated carbocycles. The second-order valence-electron chi connectivity index (χ2n) is 5.92. The number of carbonyl (C=O) groups is 1. The highest BCUT2D eigenvalue weighted by Gasteiger charge is 2.23. The van der Waals surface area contributed by atoms with E-state index in [1.54, 1.807) is 29.4 Å². The van der Waals surface area contributed by atoms with E-state index in [0.29, 0.717) is 25.9 Å². The Morgan fingerprint density at radius 1 is 1.19 bits per heavy atom. The van der Waals surface area contributed by atoms with Gasteiger partial charge >= 0.3 is 0 Å². The number of thiophene rings is 1. The zero-order valence-electron chi connectivity index (χ0n) is 14.1. The Morgan fingerprint density at radius 3 is 2.74 bits per heavy atom. The topological polar surface area (TPSA) is 46.1 Å². The van der Waals surface area contributed by atoms with E-state index < -0.39 is 0 Å². The van der Waals surface area contributed by atoms with Crippen LogP contribution in [0.4, 0.5) is 5.13 Å². The van der Waals surface area contributed by atoms with Gasteiger partial charge in [-0.15, -0.1) is 11.3 Å². The summed E-state index contributed by atoms with van der Waals surface area (Å²) in [5.74, 6) is -0.140. The average molecular weight is 434 g/mol. The van der Waals surface area contributed by atoms with Crippen molar-refractivity contribution in [3.63, 3.8) is 0 Å². The lowest BCUT2D eigenvalue weighted by molar-refractivity contribution is 0.0989. The van der Waals surface area contributed by atoms with Crippen LogP contribution in [0.3, 0.4) is 0 Å². The molecule has 3 heterocycles. The molecule has 0 saturated heterocycles. The van der Waals surface area contributed by atoms with Gasteiger partial charge in [0.2, 0.25) is 0 Å². The number of hydrogen-bond acceptors (Lipinski definition) is 5. The van der Waals surface area contributed by atoms with Crippen LogP contribution >= 0.6 is 45.9 Å². The molecule has 4 nitrogen and oxygen atoms in total. The first-order valence-electron chi connectivity index (χ1n) is 8.04. The number of anilines is 1. The molecule has 27 heavy (non-hydrogen) atoms. The highest BCUT2D eigenvalue weighted by atomic mass is 35.5. The molecule has 0 atom stereocenters. The summed E-state index contributed by atoms with van der Waals surface area (Å²) in [7, 11) is 0. The number of carbonyl (C=O) groups excluding carboxylic acids is 1. The van der Waals surface area contributed by atoms with Crippen molar-refractivity contribution in [2.24, 2.45) is 0 Å². The van der Waals surface area contributed by atoms with Crippen LogP contribution in [0, 0.1) is 6.92 Å². The van der Waals surface area contributed by atoms with Crippen molar-refractivity contribution < 1.29 is 4.79 Å². The van der Waals surface area contributed by atoms with Gasteiger partial charge in [-0.05, 0) is 48.4 Å². The standard InChI is InChI=1S/C19H13Cl2N3OS2/c1-11-7-13(20)8-15-17(11)23-19(27-15)24(10-12-3-2-6-22-9-12)18(25)14-4-5-16(21)26-14/h2-9H,10H2,1H3. The number of aryl methyl sites for hydroxylation is 1. The Labute approximate surface area is 174 Å². The van der Waals surface area contributed by atoms with Crippen LogP contribution in [0.5, 0.6) is 0 Å². The fourth-order valence-corrected chi connectivity index (χ4v) is 5.13. The molecule has 8 heteroatoms. The number of amides is 1. The number of thiazole rings is 1. The van der Waals surface area contributed by atoms with E-state index in [2.05, 4.69) is 4.98 Å². The molecule has 0 spiro atoms. The third-order valence-corrected chi connectivity index (χ3v) is 6.43. The minimum absolute atomic E-state index is 0.140. The molecule has 0 bridgehead atoms. The summed E-state index contributed by atoms with van der Waals surface area (Å²) in [4.78, 5) is 24.3. The number of rotatable bonds is 4. The number of pyridine rings is 1. The van der Waals surface area contributed by atoms with Crippen molar-refractivity contribution in [3.05, 3.63) is 74.2 Å². The molecular weight excluding hydrogens is 421 g/mol. The molecule has 3 aromatic heterocycles. The van der Waals surface area contributed by atoms with Crippen molar-refractivity contribution in [2.45, 2.75) is 13.5 Å². The van der Waals surface area contributed by atoms with Crippen molar-refractivity contribution in [2.75, 3.05) is 4.90 Å². The molecule has 1 amide bonds. The molecule has 4 aromatic rings. The smallest absolute Gasteiger partial charge is 0.270 e. The van der Waals surface area contributed by atoms with E-state index in [0.717, 1.165) is 21.3 Å². The predicted octanol–water partition coefficient (Wildman–Crippen LogP) is 6.22. The lowest BCUT2D eigenvalue weighted by atomic mass is 10.2. The van der Waals surface area contributed by atoms with Crippen molar-refractivity contribution >= 4 is 67.1 Å². The summed E-state index contributed by atoms with van der Waals surface area (Å²) in [6.45, 7) is 2.33. The number of hydrogen-bond donors (Lipinski definition) is 0. The number of benzene rings is 1. The molecule has 0 N–H and O–H groups in total. The van der Waals surface area contributed by atoms with E-state index in [1.165, 1.54) is 22.7 Å². The highest BCUT2D eigenvalue weighted by Crippen LogP contribution is 2.35. The Kier molecular flexibility index (Phi) is 5.14. The third-order valence-electron chi connectivity index (χ3n) is 3.96. The second-order valence-corrected chi connectivity index (χ2v) is 9.08. The first-order valence-corrected chi connectivity index (χ1v) is 10.4. The fraction of sp³-hybridized carbons (Fsp3) is 0.105. The van der Waals surface area contributed by atoms with Crippen molar-refractivity contribution in [3.8, 4) is 0 Å². The molecular formula is C19H13Cl2N3OS2. The Hall–Kier alpha value is -1.99. The molecule has 0 aliphatic heterocycles. The summed E-state index contributed by atoms with van der Waals surface area (Å²) < 4.78 is 1.52. The summed E-state index contributed by atoms with van der Waals surface area (Å²) in [6.07, 6.45) is 3.45. The van der Waals surface area contributed by atoms with Crippen LogP contribution in [-0.2, 0) is 6.54 Å². The summed E-state index contributed by atoms with van der Waals surface area (Å²) in [5, 5.41) is 1.28. The van der Waals surface area contributed by atoms with Crippen LogP contribution in [0.15, 0.2) is 48.8 Å². The Morgan fingerprint density at radius 2 is 2.04 bits per heavy atom. The first-order chi connectivity index (χ1) is 13.0. The van der Waals surface area contributed by atoms with Gasteiger partial charge in [0.1, 0.15) is 0 Å². The van der Waals surface area contributed by atoms with Gasteiger partial charge in [0.25, 0.3) is 5.91 Å². The lowest BCUT2D eigenvalue weighted by Crippen LogP contribution is -2.29. The minimum Gasteiger partial charge on any atom is -0.279 e. The fourth-order valence-electron chi connectivity index (χ4n) is 2.72. The zero-order valence-corrected chi connectivity index (χ0v) is 17.3. The van der Waals surface area contributed by atoms with Crippen LogP contribution in [-0.4, -0.2) is 15.9 Å². The van der Waals surface area contributed by atoms with Gasteiger partial charge in [0.05, 0.1) is 26.0 Å². The molecule has 0 aliphatic rings. The first kappa shape index (κ1) is 18.4. The van der Waals surface area contributed by atoms with Crippen LogP contribution in [0.2, 0.25) is 9.36 Å². The van der Waals surface area contributed by atoms with Gasteiger partial charge in [-0.1, -0.05) is 40.6 Å². The van der Waals surface area contributed by atoms with E-state index >= 15 is 0 Å². The normalized spacial score (nSPS) is 11.1. The lowest BCUT2D eigenvalue weighted by Gasteiger charge is -2.19. The van der Waals surface area contributed by atoms with Gasteiger partial charge in [-0.25, -0.2) is 4.98 Å². The Balaban J connectivity index is 1.79. The Bertz CT molecular complexity index is 1120. The van der Waals surface area contributed by atoms with Gasteiger partial charge in [0.15, 0.2) is 5.13 Å². The second kappa shape index (κ2) is 7.56. The van der Waals surface area contributed by atoms with Crippen LogP contribution in [0.25, 0.3) is 10.2 Å². The van der Waals surface area contributed by atoms with Gasteiger partial charge in [0, 0.05) is 17.4 Å². The van der Waals surface area contributed by atoms with Gasteiger partial charge in [-0.2, -0.15) is 0 Å². The van der Waals surface area contributed by atoms with Crippen LogP contribution in [0.1, 0.15) is 20.8 Å². The quantitative estimate of drug-likeness (QED) is 0.383. The predicted molar refractivity (Wildman–Crippen MR) is 113 cm³/mol.